The number of amides is 1. The van der Waals surface area contributed by atoms with Gasteiger partial charge in [-0.2, -0.15) is 0 Å². The number of aromatic amines is 1. The van der Waals surface area contributed by atoms with Crippen LogP contribution in [0.25, 0.3) is 0 Å². The second-order valence-corrected chi connectivity index (χ2v) is 6.29. The lowest BCUT2D eigenvalue weighted by molar-refractivity contribution is 0.0903. The highest BCUT2D eigenvalue weighted by Crippen LogP contribution is 2.14. The molecule has 1 aliphatic rings. The minimum Gasteiger partial charge on any atom is -0.491 e. The van der Waals surface area contributed by atoms with Crippen LogP contribution < -0.4 is 15.5 Å². The number of hydrogen-bond donors (Lipinski definition) is 2. The van der Waals surface area contributed by atoms with E-state index in [4.69, 9.17) is 4.74 Å². The second-order valence-electron chi connectivity index (χ2n) is 6.29. The van der Waals surface area contributed by atoms with Crippen LogP contribution in [0.5, 0.6) is 5.75 Å². The third kappa shape index (κ3) is 4.48. The molecule has 3 rings (SSSR count). The van der Waals surface area contributed by atoms with Crippen molar-refractivity contribution in [3.8, 4) is 5.75 Å². The van der Waals surface area contributed by atoms with Crippen LogP contribution in [0.1, 0.15) is 28.9 Å². The molecule has 6 nitrogen and oxygen atoms in total. The van der Waals surface area contributed by atoms with Gasteiger partial charge in [0, 0.05) is 37.9 Å². The summed E-state index contributed by atoms with van der Waals surface area (Å²) in [7, 11) is 1.42. The number of methoxy groups -OCH3 is 1. The molecular weight excluding hydrogens is 318 g/mol. The first-order valence-corrected chi connectivity index (χ1v) is 8.49. The van der Waals surface area contributed by atoms with E-state index >= 15 is 0 Å². The predicted octanol–water partition coefficient (Wildman–Crippen LogP) is 1.78. The van der Waals surface area contributed by atoms with Crippen LogP contribution in [0.15, 0.2) is 47.4 Å². The highest BCUT2D eigenvalue weighted by Gasteiger charge is 2.21. The van der Waals surface area contributed by atoms with E-state index < -0.39 is 0 Å². The first-order chi connectivity index (χ1) is 12.2. The Morgan fingerprint density at radius 3 is 2.64 bits per heavy atom. The minimum atomic E-state index is -0.302. The largest absolute Gasteiger partial charge is 0.491 e. The average Bonchev–Trinajstić information content (AvgIpc) is 2.64. The summed E-state index contributed by atoms with van der Waals surface area (Å²) >= 11 is 0. The Balaban J connectivity index is 1.51. The zero-order chi connectivity index (χ0) is 17.6. The van der Waals surface area contributed by atoms with E-state index in [1.54, 1.807) is 0 Å². The van der Waals surface area contributed by atoms with E-state index in [1.165, 1.54) is 24.9 Å². The zero-order valence-corrected chi connectivity index (χ0v) is 14.3. The Morgan fingerprint density at radius 1 is 1.28 bits per heavy atom. The van der Waals surface area contributed by atoms with E-state index in [0.29, 0.717) is 0 Å². The lowest BCUT2D eigenvalue weighted by Crippen LogP contribution is -2.44. The number of rotatable bonds is 5. The molecule has 0 saturated carbocycles. The van der Waals surface area contributed by atoms with Crippen molar-refractivity contribution in [1.29, 1.82) is 0 Å². The lowest BCUT2D eigenvalue weighted by atomic mass is 10.0. The fourth-order valence-corrected chi connectivity index (χ4v) is 3.09. The van der Waals surface area contributed by atoms with Crippen molar-refractivity contribution < 1.29 is 9.53 Å². The maximum atomic E-state index is 12.3. The molecular formula is C19H23N3O3. The Hall–Kier alpha value is -2.60. The molecule has 1 amide bonds. The van der Waals surface area contributed by atoms with Crippen LogP contribution in [-0.2, 0) is 6.54 Å². The minimum absolute atomic E-state index is 0.130. The molecule has 2 N–H and O–H groups in total. The molecule has 1 aromatic heterocycles. The molecule has 0 radical (unpaired) electrons. The number of piperidine rings is 1. The van der Waals surface area contributed by atoms with Crippen molar-refractivity contribution in [2.24, 2.45) is 0 Å². The van der Waals surface area contributed by atoms with Crippen LogP contribution in [-0.4, -0.2) is 42.0 Å². The van der Waals surface area contributed by atoms with E-state index in [-0.39, 0.29) is 28.8 Å². The molecule has 0 bridgehead atoms. The van der Waals surface area contributed by atoms with Crippen molar-refractivity contribution >= 4 is 5.91 Å². The number of aromatic nitrogens is 1. The number of nitrogens with zero attached hydrogens (tertiary/aromatic N) is 1. The van der Waals surface area contributed by atoms with Crippen LogP contribution in [0, 0.1) is 0 Å². The number of nitrogens with one attached hydrogen (secondary N) is 2. The van der Waals surface area contributed by atoms with E-state index in [2.05, 4.69) is 39.5 Å². The van der Waals surface area contributed by atoms with Gasteiger partial charge in [0.15, 0.2) is 5.75 Å². The SMILES string of the molecule is COc1c[nH]c(C(=O)NC2CCN(Cc3ccccc3)CC2)cc1=O. The van der Waals surface area contributed by atoms with Crippen LogP contribution >= 0.6 is 0 Å². The molecule has 1 aliphatic heterocycles. The molecule has 0 unspecified atom stereocenters. The lowest BCUT2D eigenvalue weighted by Gasteiger charge is -2.32. The standard InChI is InChI=1S/C19H23N3O3/c1-25-18-12-20-16(11-17(18)23)19(24)21-15-7-9-22(10-8-15)13-14-5-3-2-4-6-14/h2-6,11-12,15H,7-10,13H2,1H3,(H,20,23)(H,21,24). The van der Waals surface area contributed by atoms with Gasteiger partial charge in [0.05, 0.1) is 7.11 Å². The molecule has 25 heavy (non-hydrogen) atoms. The Kier molecular flexibility index (Phi) is 5.50. The number of carbonyl (C=O) groups excluding carboxylic acids is 1. The van der Waals surface area contributed by atoms with Crippen LogP contribution in [0.4, 0.5) is 0 Å². The van der Waals surface area contributed by atoms with Crippen molar-refractivity contribution in [1.82, 2.24) is 15.2 Å². The number of likely N-dealkylation sites (tertiary alicyclic amines) is 1. The van der Waals surface area contributed by atoms with E-state index in [0.717, 1.165) is 32.5 Å². The molecule has 1 fully saturated rings. The summed E-state index contributed by atoms with van der Waals surface area (Å²) in [6.45, 7) is 2.82. The number of benzene rings is 1. The monoisotopic (exact) mass is 341 g/mol. The number of H-pyrrole nitrogens is 1. The van der Waals surface area contributed by atoms with Gasteiger partial charge in [0.25, 0.3) is 5.91 Å². The number of carbonyl (C=O) groups is 1. The summed E-state index contributed by atoms with van der Waals surface area (Å²) in [5.74, 6) is -0.0490. The highest BCUT2D eigenvalue weighted by atomic mass is 16.5. The Morgan fingerprint density at radius 2 is 2.00 bits per heavy atom. The Bertz CT molecular complexity index is 765. The molecule has 2 aromatic rings. The van der Waals surface area contributed by atoms with Crippen LogP contribution in [0.3, 0.4) is 0 Å². The van der Waals surface area contributed by atoms with Crippen molar-refractivity contribution in [3.63, 3.8) is 0 Å². The summed E-state index contributed by atoms with van der Waals surface area (Å²) < 4.78 is 4.91. The van der Waals surface area contributed by atoms with Gasteiger partial charge < -0.3 is 15.0 Å². The average molecular weight is 341 g/mol. The molecule has 0 spiro atoms. The maximum absolute atomic E-state index is 12.3. The molecule has 2 heterocycles. The summed E-state index contributed by atoms with van der Waals surface area (Å²) in [5, 5.41) is 3.01. The number of ether oxygens (including phenoxy) is 1. The third-order valence-electron chi connectivity index (χ3n) is 4.51. The maximum Gasteiger partial charge on any atom is 0.268 e. The van der Waals surface area contributed by atoms with E-state index in [9.17, 15) is 9.59 Å². The molecule has 0 atom stereocenters. The summed E-state index contributed by atoms with van der Waals surface area (Å²) in [5.41, 5.74) is 1.27. The molecule has 1 aromatic carbocycles. The zero-order valence-electron chi connectivity index (χ0n) is 14.3. The predicted molar refractivity (Wildman–Crippen MR) is 95.8 cm³/mol. The molecule has 1 saturated heterocycles. The summed E-state index contributed by atoms with van der Waals surface area (Å²) in [4.78, 5) is 29.3. The fraction of sp³-hybridized carbons (Fsp3) is 0.368. The van der Waals surface area contributed by atoms with Crippen LogP contribution in [0.2, 0.25) is 0 Å². The third-order valence-corrected chi connectivity index (χ3v) is 4.51. The molecule has 0 aliphatic carbocycles. The first-order valence-electron chi connectivity index (χ1n) is 8.49. The van der Waals surface area contributed by atoms with Gasteiger partial charge in [0.2, 0.25) is 5.43 Å². The second kappa shape index (κ2) is 7.98. The highest BCUT2D eigenvalue weighted by molar-refractivity contribution is 5.92. The quantitative estimate of drug-likeness (QED) is 0.869. The molecule has 6 heteroatoms. The summed E-state index contributed by atoms with van der Waals surface area (Å²) in [6, 6.07) is 11.8. The number of pyridine rings is 1. The van der Waals surface area contributed by atoms with Gasteiger partial charge in [-0.1, -0.05) is 30.3 Å². The topological polar surface area (TPSA) is 74.4 Å². The van der Waals surface area contributed by atoms with Crippen molar-refractivity contribution in [3.05, 3.63) is 64.1 Å². The summed E-state index contributed by atoms with van der Waals surface area (Å²) in [6.07, 6.45) is 3.22. The smallest absolute Gasteiger partial charge is 0.268 e. The molecule has 132 valence electrons. The van der Waals surface area contributed by atoms with Gasteiger partial charge in [-0.05, 0) is 18.4 Å². The normalized spacial score (nSPS) is 15.7. The van der Waals surface area contributed by atoms with Gasteiger partial charge >= 0.3 is 0 Å². The van der Waals surface area contributed by atoms with Crippen molar-refractivity contribution in [2.45, 2.75) is 25.4 Å². The fourth-order valence-electron chi connectivity index (χ4n) is 3.09. The van der Waals surface area contributed by atoms with Gasteiger partial charge in [-0.25, -0.2) is 0 Å². The Labute approximate surface area is 146 Å². The first kappa shape index (κ1) is 17.2. The van der Waals surface area contributed by atoms with Gasteiger partial charge in [0.1, 0.15) is 5.69 Å². The van der Waals surface area contributed by atoms with Crippen molar-refractivity contribution in [2.75, 3.05) is 20.2 Å². The number of hydrogen-bond acceptors (Lipinski definition) is 4. The van der Waals surface area contributed by atoms with Gasteiger partial charge in [-0.3, -0.25) is 14.5 Å². The van der Waals surface area contributed by atoms with E-state index in [1.807, 2.05) is 6.07 Å². The van der Waals surface area contributed by atoms with Gasteiger partial charge in [-0.15, -0.1) is 0 Å².